The first kappa shape index (κ1) is 15.7. The van der Waals surface area contributed by atoms with Gasteiger partial charge in [0.05, 0.1) is 12.7 Å². The van der Waals surface area contributed by atoms with E-state index in [1.807, 2.05) is 0 Å². The maximum atomic E-state index is 6.19. The molecule has 1 N–H and O–H groups in total. The number of rotatable bonds is 4. The zero-order valence-corrected chi connectivity index (χ0v) is 14.1. The third kappa shape index (κ3) is 3.44. The predicted octanol–water partition coefficient (Wildman–Crippen LogP) is 1.70. The number of nitrogens with one attached hydrogen (secondary N) is 1. The average molecular weight is 295 g/mol. The SMILES string of the molecule is CCC1CNC(C)(CC)CN1CC1CN2CCCC2CO1. The highest BCUT2D eigenvalue weighted by Gasteiger charge is 2.37. The van der Waals surface area contributed by atoms with E-state index in [4.69, 9.17) is 4.74 Å². The minimum absolute atomic E-state index is 0.274. The maximum absolute atomic E-state index is 6.19. The minimum Gasteiger partial charge on any atom is -0.374 e. The Kier molecular flexibility index (Phi) is 4.89. The van der Waals surface area contributed by atoms with Crippen LogP contribution in [0, 0.1) is 0 Å². The summed E-state index contributed by atoms with van der Waals surface area (Å²) in [5, 5.41) is 3.76. The number of hydrogen-bond acceptors (Lipinski definition) is 4. The molecule has 3 fully saturated rings. The summed E-state index contributed by atoms with van der Waals surface area (Å²) < 4.78 is 6.19. The molecule has 0 amide bonds. The van der Waals surface area contributed by atoms with Gasteiger partial charge in [-0.3, -0.25) is 9.80 Å². The second-order valence-electron chi connectivity index (χ2n) is 7.53. The van der Waals surface area contributed by atoms with Crippen molar-refractivity contribution in [1.82, 2.24) is 15.1 Å². The lowest BCUT2D eigenvalue weighted by molar-refractivity contribution is -0.0727. The van der Waals surface area contributed by atoms with E-state index in [9.17, 15) is 0 Å². The molecule has 0 aromatic heterocycles. The van der Waals surface area contributed by atoms with Crippen molar-refractivity contribution in [2.75, 3.05) is 39.3 Å². The van der Waals surface area contributed by atoms with Gasteiger partial charge in [-0.25, -0.2) is 0 Å². The lowest BCUT2D eigenvalue weighted by atomic mass is 9.92. The Morgan fingerprint density at radius 2 is 2.19 bits per heavy atom. The number of morpholine rings is 1. The summed E-state index contributed by atoms with van der Waals surface area (Å²) in [6.45, 7) is 13.8. The van der Waals surface area contributed by atoms with Crippen LogP contribution < -0.4 is 5.32 Å². The molecule has 4 unspecified atom stereocenters. The molecule has 0 spiro atoms. The fourth-order valence-corrected chi connectivity index (χ4v) is 4.24. The van der Waals surface area contributed by atoms with E-state index in [1.54, 1.807) is 0 Å². The first-order chi connectivity index (χ1) is 10.1. The third-order valence-corrected chi connectivity index (χ3v) is 5.98. The number of hydrogen-bond donors (Lipinski definition) is 1. The quantitative estimate of drug-likeness (QED) is 0.854. The smallest absolute Gasteiger partial charge is 0.0829 e. The molecule has 4 atom stereocenters. The molecule has 4 heteroatoms. The minimum atomic E-state index is 0.274. The van der Waals surface area contributed by atoms with Crippen molar-refractivity contribution < 1.29 is 4.74 Å². The number of ether oxygens (including phenoxy) is 1. The zero-order chi connectivity index (χ0) is 14.9. The van der Waals surface area contributed by atoms with Crippen molar-refractivity contribution in [3.8, 4) is 0 Å². The summed E-state index contributed by atoms with van der Waals surface area (Å²) in [5.74, 6) is 0. The predicted molar refractivity (Wildman–Crippen MR) is 86.7 cm³/mol. The molecule has 0 radical (unpaired) electrons. The number of piperazine rings is 1. The molecule has 21 heavy (non-hydrogen) atoms. The van der Waals surface area contributed by atoms with Crippen molar-refractivity contribution in [2.45, 2.75) is 70.2 Å². The maximum Gasteiger partial charge on any atom is 0.0829 e. The van der Waals surface area contributed by atoms with Gasteiger partial charge >= 0.3 is 0 Å². The van der Waals surface area contributed by atoms with Crippen LogP contribution in [0.25, 0.3) is 0 Å². The number of fused-ring (bicyclic) bond motifs is 1. The molecule has 3 rings (SSSR count). The molecule has 3 heterocycles. The van der Waals surface area contributed by atoms with Crippen LogP contribution in [0.4, 0.5) is 0 Å². The highest BCUT2D eigenvalue weighted by Crippen LogP contribution is 2.25. The first-order valence-electron chi connectivity index (χ1n) is 8.98. The van der Waals surface area contributed by atoms with Gasteiger partial charge in [0.1, 0.15) is 0 Å². The van der Waals surface area contributed by atoms with Gasteiger partial charge < -0.3 is 10.1 Å². The van der Waals surface area contributed by atoms with Crippen LogP contribution in [0.15, 0.2) is 0 Å². The Hall–Kier alpha value is -0.160. The monoisotopic (exact) mass is 295 g/mol. The summed E-state index contributed by atoms with van der Waals surface area (Å²) in [6, 6.07) is 1.39. The molecular weight excluding hydrogens is 262 g/mol. The summed E-state index contributed by atoms with van der Waals surface area (Å²) >= 11 is 0. The van der Waals surface area contributed by atoms with E-state index in [0.717, 1.165) is 32.8 Å². The van der Waals surface area contributed by atoms with Crippen LogP contribution in [-0.4, -0.2) is 72.9 Å². The lowest BCUT2D eigenvalue weighted by Crippen LogP contribution is -2.64. The van der Waals surface area contributed by atoms with Crippen LogP contribution in [0.2, 0.25) is 0 Å². The molecule has 0 bridgehead atoms. The van der Waals surface area contributed by atoms with E-state index in [1.165, 1.54) is 32.2 Å². The van der Waals surface area contributed by atoms with Gasteiger partial charge in [-0.05, 0) is 39.2 Å². The van der Waals surface area contributed by atoms with Crippen molar-refractivity contribution in [2.24, 2.45) is 0 Å². The van der Waals surface area contributed by atoms with E-state index < -0.39 is 0 Å². The lowest BCUT2D eigenvalue weighted by Gasteiger charge is -2.48. The van der Waals surface area contributed by atoms with Gasteiger partial charge in [-0.2, -0.15) is 0 Å². The highest BCUT2D eigenvalue weighted by atomic mass is 16.5. The molecular formula is C17H33N3O. The van der Waals surface area contributed by atoms with Crippen molar-refractivity contribution >= 4 is 0 Å². The van der Waals surface area contributed by atoms with Crippen molar-refractivity contribution in [3.05, 3.63) is 0 Å². The van der Waals surface area contributed by atoms with E-state index in [2.05, 4.69) is 35.9 Å². The molecule has 0 saturated carbocycles. The van der Waals surface area contributed by atoms with E-state index in [0.29, 0.717) is 18.2 Å². The Bertz CT molecular complexity index is 351. The average Bonchev–Trinajstić information content (AvgIpc) is 2.95. The number of nitrogens with zero attached hydrogens (tertiary/aromatic N) is 2. The van der Waals surface area contributed by atoms with Crippen LogP contribution >= 0.6 is 0 Å². The molecule has 3 aliphatic heterocycles. The van der Waals surface area contributed by atoms with E-state index in [-0.39, 0.29) is 5.54 Å². The summed E-state index contributed by atoms with van der Waals surface area (Å²) in [5.41, 5.74) is 0.274. The zero-order valence-electron chi connectivity index (χ0n) is 14.1. The molecule has 3 aliphatic rings. The van der Waals surface area contributed by atoms with Crippen LogP contribution in [0.5, 0.6) is 0 Å². The van der Waals surface area contributed by atoms with Gasteiger partial charge in [-0.15, -0.1) is 0 Å². The van der Waals surface area contributed by atoms with Crippen LogP contribution in [0.3, 0.4) is 0 Å². The topological polar surface area (TPSA) is 27.7 Å². The van der Waals surface area contributed by atoms with Gasteiger partial charge in [0.2, 0.25) is 0 Å². The molecule has 0 aromatic rings. The van der Waals surface area contributed by atoms with Gasteiger partial charge in [-0.1, -0.05) is 13.8 Å². The van der Waals surface area contributed by atoms with Gasteiger partial charge in [0.25, 0.3) is 0 Å². The molecule has 0 aromatic carbocycles. The molecule has 0 aliphatic carbocycles. The molecule has 3 saturated heterocycles. The summed E-state index contributed by atoms with van der Waals surface area (Å²) in [4.78, 5) is 5.36. The van der Waals surface area contributed by atoms with Gasteiger partial charge in [0, 0.05) is 43.8 Å². The van der Waals surface area contributed by atoms with Crippen molar-refractivity contribution in [1.29, 1.82) is 0 Å². The van der Waals surface area contributed by atoms with Crippen molar-refractivity contribution in [3.63, 3.8) is 0 Å². The molecule has 122 valence electrons. The Morgan fingerprint density at radius 3 is 2.95 bits per heavy atom. The Labute approximate surface area is 130 Å². The molecule has 4 nitrogen and oxygen atoms in total. The Morgan fingerprint density at radius 1 is 1.33 bits per heavy atom. The second-order valence-corrected chi connectivity index (χ2v) is 7.53. The summed E-state index contributed by atoms with van der Waals surface area (Å²) in [7, 11) is 0. The van der Waals surface area contributed by atoms with E-state index >= 15 is 0 Å². The standard InChI is InChI=1S/C17H33N3O/c1-4-14-9-18-17(3,5-2)13-20(14)11-16-10-19-8-6-7-15(19)12-21-16/h14-16,18H,4-13H2,1-3H3. The van der Waals surface area contributed by atoms with Crippen LogP contribution in [-0.2, 0) is 4.74 Å². The fraction of sp³-hybridized carbons (Fsp3) is 1.00. The third-order valence-electron chi connectivity index (χ3n) is 5.98. The first-order valence-corrected chi connectivity index (χ1v) is 8.98. The second kappa shape index (κ2) is 6.53. The summed E-state index contributed by atoms with van der Waals surface area (Å²) in [6.07, 6.45) is 5.53. The van der Waals surface area contributed by atoms with Gasteiger partial charge in [0.15, 0.2) is 0 Å². The highest BCUT2D eigenvalue weighted by molar-refractivity contribution is 4.96. The van der Waals surface area contributed by atoms with Crippen LogP contribution in [0.1, 0.15) is 46.5 Å². The normalized spacial score (nSPS) is 42.1. The fourth-order valence-electron chi connectivity index (χ4n) is 4.24. The largest absolute Gasteiger partial charge is 0.374 e. The Balaban J connectivity index is 1.59.